The molecular formula is C25H25FN2O3S. The zero-order chi connectivity index (χ0) is 22.5. The maximum atomic E-state index is 14.5. The van der Waals surface area contributed by atoms with Crippen molar-refractivity contribution in [1.29, 1.82) is 0 Å². The summed E-state index contributed by atoms with van der Waals surface area (Å²) in [6.45, 7) is 2.20. The first-order valence-electron chi connectivity index (χ1n) is 10.7. The predicted molar refractivity (Wildman–Crippen MR) is 122 cm³/mol. The Labute approximate surface area is 187 Å². The van der Waals surface area contributed by atoms with Gasteiger partial charge < -0.3 is 10.4 Å². The number of aryl methyl sites for hydroxylation is 1. The van der Waals surface area contributed by atoms with Gasteiger partial charge in [-0.3, -0.25) is 0 Å². The Morgan fingerprint density at radius 1 is 1.09 bits per heavy atom. The van der Waals surface area contributed by atoms with Crippen LogP contribution in [0.15, 0.2) is 71.6 Å². The number of anilines is 1. The van der Waals surface area contributed by atoms with Gasteiger partial charge in [0.2, 0.25) is 10.0 Å². The number of nitrogens with one attached hydrogen (secondary N) is 1. The maximum absolute atomic E-state index is 14.5. The van der Waals surface area contributed by atoms with Crippen LogP contribution in [0.1, 0.15) is 23.6 Å². The Bertz CT molecular complexity index is 1260. The first-order valence-corrected chi connectivity index (χ1v) is 12.2. The lowest BCUT2D eigenvalue weighted by Crippen LogP contribution is -2.42. The number of hydrogen-bond acceptors (Lipinski definition) is 4. The molecular weight excluding hydrogens is 427 g/mol. The van der Waals surface area contributed by atoms with Crippen LogP contribution in [-0.4, -0.2) is 37.0 Å². The van der Waals surface area contributed by atoms with E-state index < -0.39 is 16.1 Å². The summed E-state index contributed by atoms with van der Waals surface area (Å²) < 4.78 is 43.2. The van der Waals surface area contributed by atoms with E-state index in [9.17, 15) is 17.9 Å². The first-order chi connectivity index (χ1) is 15.4. The van der Waals surface area contributed by atoms with E-state index in [-0.39, 0.29) is 29.3 Å². The first kappa shape index (κ1) is 21.1. The van der Waals surface area contributed by atoms with E-state index in [0.717, 1.165) is 16.8 Å². The van der Waals surface area contributed by atoms with Crippen LogP contribution in [0.4, 0.5) is 10.1 Å². The van der Waals surface area contributed by atoms with Crippen molar-refractivity contribution in [3.05, 3.63) is 83.7 Å². The number of hydrogen-bond donors (Lipinski definition) is 2. The van der Waals surface area contributed by atoms with Crippen LogP contribution in [0, 0.1) is 18.7 Å². The van der Waals surface area contributed by atoms with Crippen LogP contribution in [0.5, 0.6) is 0 Å². The summed E-state index contributed by atoms with van der Waals surface area (Å²) in [4.78, 5) is 0.259. The van der Waals surface area contributed by atoms with Gasteiger partial charge >= 0.3 is 0 Å². The van der Waals surface area contributed by atoms with Crippen molar-refractivity contribution in [2.24, 2.45) is 5.92 Å². The second-order valence-corrected chi connectivity index (χ2v) is 10.4. The molecule has 3 atom stereocenters. The zero-order valence-corrected chi connectivity index (χ0v) is 18.5. The number of halogens is 1. The average molecular weight is 453 g/mol. The summed E-state index contributed by atoms with van der Waals surface area (Å²) in [6.07, 6.45) is 0.636. The second-order valence-electron chi connectivity index (χ2n) is 8.54. The van der Waals surface area contributed by atoms with Crippen LogP contribution >= 0.6 is 0 Å². The predicted octanol–water partition coefficient (Wildman–Crippen LogP) is 4.34. The Balaban J connectivity index is 1.62. The average Bonchev–Trinajstić information content (AvgIpc) is 3.25. The molecule has 3 aromatic rings. The summed E-state index contributed by atoms with van der Waals surface area (Å²) in [7, 11) is -3.74. The molecule has 32 heavy (non-hydrogen) atoms. The van der Waals surface area contributed by atoms with E-state index in [2.05, 4.69) is 5.32 Å². The Kier molecular flexibility index (Phi) is 5.28. The summed E-state index contributed by atoms with van der Waals surface area (Å²) in [5.41, 5.74) is 3.75. The van der Waals surface area contributed by atoms with E-state index in [1.165, 1.54) is 6.07 Å². The minimum atomic E-state index is -3.74. The molecule has 1 fully saturated rings. The summed E-state index contributed by atoms with van der Waals surface area (Å²) in [5.74, 6) is -0.403. The van der Waals surface area contributed by atoms with Crippen LogP contribution < -0.4 is 5.32 Å². The molecule has 0 aromatic heterocycles. The number of fused-ring (bicyclic) bond motifs is 3. The maximum Gasteiger partial charge on any atom is 0.243 e. The molecule has 3 aromatic carbocycles. The van der Waals surface area contributed by atoms with E-state index in [1.807, 2.05) is 25.1 Å². The van der Waals surface area contributed by atoms with Crippen LogP contribution in [0.25, 0.3) is 11.1 Å². The highest BCUT2D eigenvalue weighted by molar-refractivity contribution is 7.89. The zero-order valence-electron chi connectivity index (χ0n) is 17.7. The number of sulfonamides is 1. The van der Waals surface area contributed by atoms with E-state index in [0.29, 0.717) is 24.1 Å². The molecule has 1 unspecified atom stereocenters. The highest BCUT2D eigenvalue weighted by atomic mass is 32.2. The van der Waals surface area contributed by atoms with Gasteiger partial charge in [-0.15, -0.1) is 0 Å². The fraction of sp³-hybridized carbons (Fsp3) is 0.280. The fourth-order valence-corrected chi connectivity index (χ4v) is 6.66. The van der Waals surface area contributed by atoms with Crippen molar-refractivity contribution in [2.45, 2.75) is 30.3 Å². The molecule has 1 saturated heterocycles. The number of aliphatic hydroxyl groups excluding tert-OH is 1. The monoisotopic (exact) mass is 452 g/mol. The molecule has 0 saturated carbocycles. The molecule has 7 heteroatoms. The van der Waals surface area contributed by atoms with Gasteiger partial charge in [0.05, 0.1) is 23.6 Å². The quantitative estimate of drug-likeness (QED) is 0.618. The SMILES string of the molecule is Cc1ccc(S(=O)(=O)N2CCC3[C@H](CO)Nc4ccc(-c5ccccc5F)cc4[C@@H]32)cc1. The standard InChI is InChI=1S/C25H25FN2O3S/c1-16-6-9-18(10-7-16)32(30,31)28-13-12-20-24(15-29)27-23-11-8-17(14-21(23)25(20)28)19-4-2-3-5-22(19)26/h2-11,14,20,24-25,27,29H,12-13,15H2,1H3/t20?,24-,25+/m0/s1. The van der Waals surface area contributed by atoms with Crippen LogP contribution in [0.2, 0.25) is 0 Å². The van der Waals surface area contributed by atoms with Crippen LogP contribution in [0.3, 0.4) is 0 Å². The summed E-state index contributed by atoms with van der Waals surface area (Å²) >= 11 is 0. The van der Waals surface area contributed by atoms with Gasteiger partial charge in [0.25, 0.3) is 0 Å². The minimum absolute atomic E-state index is 0.0800. The Morgan fingerprint density at radius 2 is 1.84 bits per heavy atom. The molecule has 0 spiro atoms. The van der Waals surface area contributed by atoms with Crippen molar-refractivity contribution in [2.75, 3.05) is 18.5 Å². The molecule has 5 nitrogen and oxygen atoms in total. The molecule has 2 N–H and O–H groups in total. The van der Waals surface area contributed by atoms with E-state index in [1.54, 1.807) is 46.8 Å². The number of benzene rings is 3. The van der Waals surface area contributed by atoms with Crippen molar-refractivity contribution in [1.82, 2.24) is 4.31 Å². The lowest BCUT2D eigenvalue weighted by Gasteiger charge is -2.39. The van der Waals surface area contributed by atoms with Gasteiger partial charge in [-0.1, -0.05) is 42.0 Å². The highest BCUT2D eigenvalue weighted by Crippen LogP contribution is 2.49. The van der Waals surface area contributed by atoms with Crippen LogP contribution in [-0.2, 0) is 10.0 Å². The molecule has 2 aliphatic heterocycles. The Hall–Kier alpha value is -2.74. The summed E-state index contributed by atoms with van der Waals surface area (Å²) in [6, 6.07) is 18.3. The molecule has 2 heterocycles. The molecule has 166 valence electrons. The number of aliphatic hydroxyl groups is 1. The molecule has 0 radical (unpaired) electrons. The lowest BCUT2D eigenvalue weighted by atomic mass is 9.82. The fourth-order valence-electron chi connectivity index (χ4n) is 5.00. The van der Waals surface area contributed by atoms with E-state index in [4.69, 9.17) is 0 Å². The largest absolute Gasteiger partial charge is 0.394 e. The van der Waals surface area contributed by atoms with E-state index >= 15 is 0 Å². The number of rotatable bonds is 4. The van der Waals surface area contributed by atoms with Gasteiger partial charge in [0.15, 0.2) is 0 Å². The molecule has 2 aliphatic rings. The number of nitrogens with zero attached hydrogens (tertiary/aromatic N) is 1. The smallest absolute Gasteiger partial charge is 0.243 e. The topological polar surface area (TPSA) is 69.6 Å². The summed E-state index contributed by atoms with van der Waals surface area (Å²) in [5, 5.41) is 13.4. The van der Waals surface area contributed by atoms with Gasteiger partial charge in [0, 0.05) is 23.7 Å². The van der Waals surface area contributed by atoms with Crippen molar-refractivity contribution >= 4 is 15.7 Å². The van der Waals surface area contributed by atoms with Gasteiger partial charge in [-0.2, -0.15) is 4.31 Å². The van der Waals surface area contributed by atoms with Crippen molar-refractivity contribution < 1.29 is 17.9 Å². The third-order valence-corrected chi connectivity index (χ3v) is 8.53. The second kappa shape index (κ2) is 7.99. The van der Waals surface area contributed by atoms with Gasteiger partial charge in [-0.05, 0) is 54.8 Å². The molecule has 5 rings (SSSR count). The lowest BCUT2D eigenvalue weighted by molar-refractivity contribution is 0.210. The third kappa shape index (κ3) is 3.41. The molecule has 0 amide bonds. The van der Waals surface area contributed by atoms with Gasteiger partial charge in [-0.25, -0.2) is 12.8 Å². The molecule has 0 bridgehead atoms. The molecule has 0 aliphatic carbocycles. The van der Waals surface area contributed by atoms with Crippen molar-refractivity contribution in [3.8, 4) is 11.1 Å². The Morgan fingerprint density at radius 3 is 2.56 bits per heavy atom. The normalized spacial score (nSPS) is 22.8. The highest BCUT2D eigenvalue weighted by Gasteiger charge is 2.48. The van der Waals surface area contributed by atoms with Crippen molar-refractivity contribution in [3.63, 3.8) is 0 Å². The third-order valence-electron chi connectivity index (χ3n) is 6.64. The minimum Gasteiger partial charge on any atom is -0.394 e. The van der Waals surface area contributed by atoms with Gasteiger partial charge in [0.1, 0.15) is 5.82 Å².